The fourth-order valence-electron chi connectivity index (χ4n) is 7.93. The molecule has 0 saturated carbocycles. The lowest BCUT2D eigenvalue weighted by Gasteiger charge is -2.13. The molecule has 1 aliphatic rings. The molecule has 55 heavy (non-hydrogen) atoms. The van der Waals surface area contributed by atoms with Crippen LogP contribution in [0.3, 0.4) is 0 Å². The van der Waals surface area contributed by atoms with E-state index >= 15 is 0 Å². The summed E-state index contributed by atoms with van der Waals surface area (Å²) in [6, 6.07) is 60.5. The topological polar surface area (TPSA) is 34.6 Å². The van der Waals surface area contributed by atoms with Gasteiger partial charge >= 0.3 is 0 Å². The number of hydrogen-bond acceptors (Lipinski definition) is 2. The van der Waals surface area contributed by atoms with Crippen LogP contribution in [0.1, 0.15) is 5.56 Å². The number of aliphatic imine (C=N–C) groups is 2. The lowest BCUT2D eigenvalue weighted by molar-refractivity contribution is 1.14. The van der Waals surface area contributed by atoms with Gasteiger partial charge in [0, 0.05) is 32.8 Å². The maximum atomic E-state index is 5.35. The van der Waals surface area contributed by atoms with Crippen molar-refractivity contribution in [3.8, 4) is 27.9 Å². The molecule has 2 aromatic heterocycles. The highest BCUT2D eigenvalue weighted by Crippen LogP contribution is 2.37. The van der Waals surface area contributed by atoms with Gasteiger partial charge in [-0.25, -0.2) is 9.98 Å². The zero-order chi connectivity index (χ0) is 36.7. The highest BCUT2D eigenvalue weighted by Gasteiger charge is 2.19. The van der Waals surface area contributed by atoms with Crippen molar-refractivity contribution in [1.29, 1.82) is 0 Å². The molecular weight excluding hydrogens is 669 g/mol. The van der Waals surface area contributed by atoms with Gasteiger partial charge in [0.15, 0.2) is 0 Å². The Labute approximate surface area is 319 Å². The number of allylic oxidation sites excluding steroid dienone is 4. The lowest BCUT2D eigenvalue weighted by Crippen LogP contribution is -2.15. The zero-order valence-electron chi connectivity index (χ0n) is 30.2. The van der Waals surface area contributed by atoms with Crippen molar-refractivity contribution >= 4 is 55.3 Å². The number of para-hydroxylation sites is 3. The number of aromatic nitrogens is 2. The molecule has 0 N–H and O–H groups in total. The molecule has 0 amide bonds. The van der Waals surface area contributed by atoms with Crippen LogP contribution in [0, 0.1) is 0 Å². The van der Waals surface area contributed by atoms with E-state index in [9.17, 15) is 0 Å². The van der Waals surface area contributed by atoms with Gasteiger partial charge in [0.1, 0.15) is 0 Å². The molecule has 4 heteroatoms. The van der Waals surface area contributed by atoms with Crippen molar-refractivity contribution in [2.45, 2.75) is 0 Å². The lowest BCUT2D eigenvalue weighted by atomic mass is 9.99. The van der Waals surface area contributed by atoms with E-state index in [0.29, 0.717) is 12.5 Å². The minimum Gasteiger partial charge on any atom is -0.309 e. The Morgan fingerprint density at radius 2 is 0.945 bits per heavy atom. The molecule has 0 aliphatic carbocycles. The minimum absolute atomic E-state index is 0.499. The van der Waals surface area contributed by atoms with E-state index in [2.05, 4.69) is 186 Å². The smallest absolute Gasteiger partial charge is 0.230 e. The molecule has 0 saturated heterocycles. The van der Waals surface area contributed by atoms with Crippen LogP contribution < -0.4 is 0 Å². The van der Waals surface area contributed by atoms with E-state index in [4.69, 9.17) is 9.98 Å². The standard InChI is InChI=1S/C51H36N4/c1-35-15-5-4-14-32-52-51(53-50(35)38-26-24-37(25-27-38)36-16-6-2-7-17-36)55-47-23-13-11-21-43(47)45-34-40(29-31-49(45)55)39-28-30-48-44(33-39)42-20-10-12-22-46(42)54(48)41-18-8-3-9-19-41/h2-31,33-34H,1,32H2/b14-4-,15-5-,52-51+,53-50+. The second-order valence-corrected chi connectivity index (χ2v) is 13.9. The molecule has 0 radical (unpaired) electrons. The largest absolute Gasteiger partial charge is 0.309 e. The van der Waals surface area contributed by atoms with E-state index in [0.717, 1.165) is 55.5 Å². The van der Waals surface area contributed by atoms with Gasteiger partial charge in [-0.1, -0.05) is 152 Å². The summed E-state index contributed by atoms with van der Waals surface area (Å²) in [5, 5.41) is 4.78. The van der Waals surface area contributed by atoms with Gasteiger partial charge in [-0.15, -0.1) is 0 Å². The van der Waals surface area contributed by atoms with E-state index in [1.807, 2.05) is 24.3 Å². The molecule has 0 unspecified atom stereocenters. The quantitative estimate of drug-likeness (QED) is 0.175. The van der Waals surface area contributed by atoms with E-state index in [-0.39, 0.29) is 0 Å². The van der Waals surface area contributed by atoms with Crippen LogP contribution in [-0.4, -0.2) is 27.4 Å². The Morgan fingerprint density at radius 3 is 1.62 bits per heavy atom. The third kappa shape index (κ3) is 5.72. The Hall–Kier alpha value is -7.30. The second kappa shape index (κ2) is 13.6. The molecular formula is C51H36N4. The van der Waals surface area contributed by atoms with Crippen LogP contribution >= 0.6 is 0 Å². The number of rotatable bonds is 4. The Bertz CT molecular complexity index is 3040. The first-order valence-corrected chi connectivity index (χ1v) is 18.7. The third-order valence-corrected chi connectivity index (χ3v) is 10.6. The highest BCUT2D eigenvalue weighted by atomic mass is 15.2. The molecule has 0 bridgehead atoms. The molecule has 1 aliphatic heterocycles. The number of hydrogen-bond donors (Lipinski definition) is 0. The molecule has 9 aromatic rings. The molecule has 3 heterocycles. The summed E-state index contributed by atoms with van der Waals surface area (Å²) in [6.45, 7) is 4.95. The molecule has 4 nitrogen and oxygen atoms in total. The highest BCUT2D eigenvalue weighted by molar-refractivity contribution is 6.21. The van der Waals surface area contributed by atoms with Crippen molar-refractivity contribution in [2.75, 3.05) is 6.54 Å². The summed E-state index contributed by atoms with van der Waals surface area (Å²) in [5.74, 6) is 0.623. The first kappa shape index (κ1) is 32.4. The third-order valence-electron chi connectivity index (χ3n) is 10.6. The van der Waals surface area contributed by atoms with Crippen LogP contribution in [0.4, 0.5) is 0 Å². The summed E-state index contributed by atoms with van der Waals surface area (Å²) in [4.78, 5) is 10.4. The molecule has 7 aromatic carbocycles. The maximum absolute atomic E-state index is 5.35. The van der Waals surface area contributed by atoms with Gasteiger partial charge in [-0.3, -0.25) is 4.57 Å². The van der Waals surface area contributed by atoms with E-state index in [1.165, 1.54) is 32.9 Å². The van der Waals surface area contributed by atoms with Crippen molar-refractivity contribution < 1.29 is 0 Å². The Morgan fingerprint density at radius 1 is 0.436 bits per heavy atom. The van der Waals surface area contributed by atoms with Gasteiger partial charge < -0.3 is 4.57 Å². The molecule has 0 atom stereocenters. The summed E-state index contributed by atoms with van der Waals surface area (Å²) < 4.78 is 4.56. The minimum atomic E-state index is 0.499. The van der Waals surface area contributed by atoms with Crippen LogP contribution in [0.2, 0.25) is 0 Å². The first-order chi connectivity index (χ1) is 27.2. The number of fused-ring (bicyclic) bond motifs is 6. The SMILES string of the molecule is C=C1/C=C\C=C/C/N=C(n2c3ccccc3c3cc(-c4ccc5c(c4)c4ccccc4n5-c4ccccc4)ccc32)\N=C/1c1ccc(-c2ccccc2)cc1. The van der Waals surface area contributed by atoms with Crippen molar-refractivity contribution in [3.05, 3.63) is 212 Å². The summed E-state index contributed by atoms with van der Waals surface area (Å²) in [5.41, 5.74) is 12.9. The first-order valence-electron chi connectivity index (χ1n) is 18.7. The van der Waals surface area contributed by atoms with E-state index < -0.39 is 0 Å². The van der Waals surface area contributed by atoms with Gasteiger partial charge in [0.05, 0.1) is 34.3 Å². The average molecular weight is 705 g/mol. The van der Waals surface area contributed by atoms with Gasteiger partial charge in [0.25, 0.3) is 0 Å². The monoisotopic (exact) mass is 704 g/mol. The van der Waals surface area contributed by atoms with Crippen molar-refractivity contribution in [3.63, 3.8) is 0 Å². The Kier molecular flexibility index (Phi) is 8.00. The van der Waals surface area contributed by atoms with Crippen molar-refractivity contribution in [1.82, 2.24) is 9.13 Å². The molecule has 10 rings (SSSR count). The van der Waals surface area contributed by atoms with Crippen LogP contribution in [-0.2, 0) is 0 Å². The molecule has 260 valence electrons. The van der Waals surface area contributed by atoms with E-state index in [1.54, 1.807) is 0 Å². The summed E-state index contributed by atoms with van der Waals surface area (Å²) >= 11 is 0. The maximum Gasteiger partial charge on any atom is 0.230 e. The van der Waals surface area contributed by atoms with Crippen molar-refractivity contribution in [2.24, 2.45) is 9.98 Å². The fourth-order valence-corrected chi connectivity index (χ4v) is 7.93. The normalized spacial score (nSPS) is 16.5. The fraction of sp³-hybridized carbons (Fsp3) is 0.0196. The second-order valence-electron chi connectivity index (χ2n) is 13.9. The zero-order valence-corrected chi connectivity index (χ0v) is 30.2. The molecule has 0 fully saturated rings. The van der Waals surface area contributed by atoms with Crippen LogP contribution in [0.15, 0.2) is 216 Å². The van der Waals surface area contributed by atoms with Crippen LogP contribution in [0.25, 0.3) is 71.6 Å². The number of benzene rings is 7. The number of nitrogens with zero attached hydrogens (tertiary/aromatic N) is 4. The van der Waals surface area contributed by atoms with Crippen LogP contribution in [0.5, 0.6) is 0 Å². The summed E-state index contributed by atoms with van der Waals surface area (Å²) in [6.07, 6.45) is 8.11. The molecule has 0 spiro atoms. The Balaban J connectivity index is 1.11. The predicted molar refractivity (Wildman–Crippen MR) is 233 cm³/mol. The van der Waals surface area contributed by atoms with Gasteiger partial charge in [-0.05, 0) is 76.4 Å². The predicted octanol–water partition coefficient (Wildman–Crippen LogP) is 12.6. The summed E-state index contributed by atoms with van der Waals surface area (Å²) in [7, 11) is 0. The van der Waals surface area contributed by atoms with Gasteiger partial charge in [-0.2, -0.15) is 0 Å². The van der Waals surface area contributed by atoms with Gasteiger partial charge in [0.2, 0.25) is 5.96 Å². The average Bonchev–Trinajstić information content (AvgIpc) is 3.76.